The molecular weight excluding hydrogens is 186 g/mol. The van der Waals surface area contributed by atoms with E-state index in [0.29, 0.717) is 6.42 Å². The first-order valence-electron chi connectivity index (χ1n) is 4.34. The predicted octanol–water partition coefficient (Wildman–Crippen LogP) is 1.06. The average molecular weight is 201 g/mol. The van der Waals surface area contributed by atoms with Crippen molar-refractivity contribution < 1.29 is 10.2 Å². The maximum Gasteiger partial charge on any atom is 0.0850 e. The Morgan fingerprint density at radius 3 is 2.62 bits per heavy atom. The molecule has 1 rings (SSSR count). The summed E-state index contributed by atoms with van der Waals surface area (Å²) in [7, 11) is 0. The Bertz CT molecular complexity index is 236. The van der Waals surface area contributed by atoms with E-state index >= 15 is 0 Å². The van der Waals surface area contributed by atoms with Crippen molar-refractivity contribution in [3.63, 3.8) is 0 Å². The Balaban J connectivity index is 2.45. The lowest BCUT2D eigenvalue weighted by molar-refractivity contribution is -0.00693. The predicted molar refractivity (Wildman–Crippen MR) is 52.7 cm³/mol. The third-order valence-electron chi connectivity index (χ3n) is 1.97. The molecule has 0 fully saturated rings. The number of hydrogen-bond donors (Lipinski definition) is 2. The molecule has 1 aromatic rings. The van der Waals surface area contributed by atoms with Gasteiger partial charge in [-0.15, -0.1) is 11.3 Å². The zero-order valence-corrected chi connectivity index (χ0v) is 8.66. The molecule has 0 radical (unpaired) electrons. The highest BCUT2D eigenvalue weighted by Gasteiger charge is 2.20. The van der Waals surface area contributed by atoms with Crippen molar-refractivity contribution in [3.05, 3.63) is 16.6 Å². The summed E-state index contributed by atoms with van der Waals surface area (Å²) in [5.41, 5.74) is 1.73. The van der Waals surface area contributed by atoms with Gasteiger partial charge in [0.2, 0.25) is 0 Å². The van der Waals surface area contributed by atoms with Gasteiger partial charge in [0.15, 0.2) is 0 Å². The molecule has 74 valence electrons. The van der Waals surface area contributed by atoms with Crippen molar-refractivity contribution in [3.8, 4) is 0 Å². The summed E-state index contributed by atoms with van der Waals surface area (Å²) >= 11 is 1.50. The fourth-order valence-electron chi connectivity index (χ4n) is 1.11. The zero-order valence-electron chi connectivity index (χ0n) is 7.84. The number of aliphatic hydroxyl groups excluding tert-OH is 2. The van der Waals surface area contributed by atoms with Crippen molar-refractivity contribution in [2.45, 2.75) is 32.5 Å². The van der Waals surface area contributed by atoms with Crippen LogP contribution in [0.1, 0.15) is 18.7 Å². The number of rotatable bonds is 4. The first-order chi connectivity index (χ1) is 6.11. The van der Waals surface area contributed by atoms with Crippen molar-refractivity contribution in [1.29, 1.82) is 0 Å². The Labute approximate surface area is 82.1 Å². The molecule has 2 unspecified atom stereocenters. The fraction of sp³-hybridized carbons (Fsp3) is 0.667. The second-order valence-corrected chi connectivity index (χ2v) is 4.44. The lowest BCUT2D eigenvalue weighted by Crippen LogP contribution is -2.32. The summed E-state index contributed by atoms with van der Waals surface area (Å²) in [6, 6.07) is 0. The van der Waals surface area contributed by atoms with E-state index in [1.165, 1.54) is 11.3 Å². The van der Waals surface area contributed by atoms with Gasteiger partial charge in [0.25, 0.3) is 0 Å². The number of aliphatic hydroxyl groups is 2. The fourth-order valence-corrected chi connectivity index (χ4v) is 1.76. The monoisotopic (exact) mass is 201 g/mol. The number of nitrogens with zero attached hydrogens (tertiary/aromatic N) is 1. The summed E-state index contributed by atoms with van der Waals surface area (Å²) in [5, 5.41) is 19.1. The number of hydrogen-bond acceptors (Lipinski definition) is 4. The Kier molecular flexibility index (Phi) is 3.84. The third-order valence-corrected chi connectivity index (χ3v) is 2.77. The van der Waals surface area contributed by atoms with Gasteiger partial charge in [-0.2, -0.15) is 0 Å². The first kappa shape index (κ1) is 10.6. The maximum atomic E-state index is 9.59. The molecule has 4 heteroatoms. The SMILES string of the molecule is CC(C)C(O)C(O)Cc1cncs1. The van der Waals surface area contributed by atoms with Gasteiger partial charge in [-0.25, -0.2) is 0 Å². The minimum atomic E-state index is -0.680. The normalized spacial score (nSPS) is 16.1. The lowest BCUT2D eigenvalue weighted by Gasteiger charge is -2.20. The Morgan fingerprint density at radius 2 is 2.15 bits per heavy atom. The molecule has 0 saturated carbocycles. The van der Waals surface area contributed by atoms with Crippen LogP contribution >= 0.6 is 11.3 Å². The smallest absolute Gasteiger partial charge is 0.0850 e. The van der Waals surface area contributed by atoms with E-state index in [1.54, 1.807) is 11.7 Å². The van der Waals surface area contributed by atoms with Crippen LogP contribution in [0.5, 0.6) is 0 Å². The minimum absolute atomic E-state index is 0.0860. The highest BCUT2D eigenvalue weighted by molar-refractivity contribution is 7.09. The molecule has 0 aliphatic carbocycles. The van der Waals surface area contributed by atoms with Gasteiger partial charge in [0, 0.05) is 17.5 Å². The van der Waals surface area contributed by atoms with Gasteiger partial charge in [-0.1, -0.05) is 13.8 Å². The Hall–Kier alpha value is -0.450. The van der Waals surface area contributed by atoms with Gasteiger partial charge < -0.3 is 10.2 Å². The van der Waals surface area contributed by atoms with Gasteiger partial charge >= 0.3 is 0 Å². The lowest BCUT2D eigenvalue weighted by atomic mass is 9.99. The molecular formula is C9H15NO2S. The highest BCUT2D eigenvalue weighted by Crippen LogP contribution is 2.14. The summed E-state index contributed by atoms with van der Waals surface area (Å²) in [4.78, 5) is 4.91. The van der Waals surface area contributed by atoms with E-state index in [0.717, 1.165) is 4.88 Å². The van der Waals surface area contributed by atoms with E-state index in [4.69, 9.17) is 0 Å². The van der Waals surface area contributed by atoms with Gasteiger partial charge in [-0.05, 0) is 5.92 Å². The van der Waals surface area contributed by atoms with Crippen LogP contribution in [0.25, 0.3) is 0 Å². The molecule has 3 nitrogen and oxygen atoms in total. The summed E-state index contributed by atoms with van der Waals surface area (Å²) in [5.74, 6) is 0.0860. The van der Waals surface area contributed by atoms with Crippen molar-refractivity contribution in [1.82, 2.24) is 4.98 Å². The quantitative estimate of drug-likeness (QED) is 0.766. The molecule has 0 bridgehead atoms. The molecule has 2 atom stereocenters. The van der Waals surface area contributed by atoms with Crippen molar-refractivity contribution in [2.75, 3.05) is 0 Å². The first-order valence-corrected chi connectivity index (χ1v) is 5.22. The largest absolute Gasteiger partial charge is 0.390 e. The maximum absolute atomic E-state index is 9.59. The molecule has 0 aromatic carbocycles. The van der Waals surface area contributed by atoms with Crippen LogP contribution in [0.3, 0.4) is 0 Å². The number of aromatic nitrogens is 1. The van der Waals surface area contributed by atoms with Crippen LogP contribution in [0, 0.1) is 5.92 Å². The summed E-state index contributed by atoms with van der Waals surface area (Å²) in [6.07, 6.45) is 0.882. The highest BCUT2D eigenvalue weighted by atomic mass is 32.1. The van der Waals surface area contributed by atoms with Crippen molar-refractivity contribution >= 4 is 11.3 Å². The van der Waals surface area contributed by atoms with Gasteiger partial charge in [0.1, 0.15) is 0 Å². The summed E-state index contributed by atoms with van der Waals surface area (Å²) in [6.45, 7) is 3.78. The van der Waals surface area contributed by atoms with E-state index in [2.05, 4.69) is 4.98 Å². The van der Waals surface area contributed by atoms with Gasteiger partial charge in [-0.3, -0.25) is 4.98 Å². The van der Waals surface area contributed by atoms with Crippen LogP contribution in [0.4, 0.5) is 0 Å². The molecule has 13 heavy (non-hydrogen) atoms. The topological polar surface area (TPSA) is 53.4 Å². The van der Waals surface area contributed by atoms with E-state index in [1.807, 2.05) is 13.8 Å². The number of thiazole rings is 1. The molecule has 1 heterocycles. The van der Waals surface area contributed by atoms with E-state index in [9.17, 15) is 10.2 Å². The Morgan fingerprint density at radius 1 is 1.46 bits per heavy atom. The minimum Gasteiger partial charge on any atom is -0.390 e. The van der Waals surface area contributed by atoms with E-state index < -0.39 is 12.2 Å². The summed E-state index contributed by atoms with van der Waals surface area (Å²) < 4.78 is 0. The third kappa shape index (κ3) is 3.06. The standard InChI is InChI=1S/C9H15NO2S/c1-6(2)9(12)8(11)3-7-4-10-5-13-7/h4-6,8-9,11-12H,3H2,1-2H3. The van der Waals surface area contributed by atoms with E-state index in [-0.39, 0.29) is 5.92 Å². The molecule has 2 N–H and O–H groups in total. The van der Waals surface area contributed by atoms with Crippen LogP contribution in [0.15, 0.2) is 11.7 Å². The van der Waals surface area contributed by atoms with Crippen molar-refractivity contribution in [2.24, 2.45) is 5.92 Å². The zero-order chi connectivity index (χ0) is 9.84. The average Bonchev–Trinajstić information content (AvgIpc) is 2.55. The molecule has 0 saturated heterocycles. The van der Waals surface area contributed by atoms with Crippen LogP contribution in [-0.2, 0) is 6.42 Å². The molecule has 1 aromatic heterocycles. The molecule has 0 amide bonds. The second kappa shape index (κ2) is 4.69. The van der Waals surface area contributed by atoms with Crippen LogP contribution in [0.2, 0.25) is 0 Å². The van der Waals surface area contributed by atoms with Crippen LogP contribution < -0.4 is 0 Å². The molecule has 0 aliphatic heterocycles. The van der Waals surface area contributed by atoms with Gasteiger partial charge in [0.05, 0.1) is 17.7 Å². The molecule has 0 aliphatic rings. The molecule has 0 spiro atoms. The second-order valence-electron chi connectivity index (χ2n) is 3.47. The van der Waals surface area contributed by atoms with Crippen LogP contribution in [-0.4, -0.2) is 27.4 Å².